The molecule has 0 fully saturated rings. The van der Waals surface area contributed by atoms with Gasteiger partial charge in [-0.05, 0) is 84.9 Å². The number of anilines is 3. The molecule has 0 N–H and O–H groups in total. The predicted molar refractivity (Wildman–Crippen MR) is 138 cm³/mol. The Bertz CT molecular complexity index is 1290. The fraction of sp³-hybridized carbons (Fsp3) is 0.0690. The Kier molecular flexibility index (Phi) is 6.35. The van der Waals surface area contributed by atoms with Crippen LogP contribution in [0.5, 0.6) is 11.5 Å². The first-order valence-electron chi connectivity index (χ1n) is 11.2. The summed E-state index contributed by atoms with van der Waals surface area (Å²) in [5.41, 5.74) is 5.97. The van der Waals surface area contributed by atoms with Crippen molar-refractivity contribution in [3.05, 3.63) is 109 Å². The summed E-state index contributed by atoms with van der Waals surface area (Å²) in [5.74, 6) is 1.59. The van der Waals surface area contributed by atoms with Crippen LogP contribution in [0.3, 0.4) is 0 Å². The van der Waals surface area contributed by atoms with E-state index in [1.807, 2.05) is 97.1 Å². The number of hydrogen-bond acceptors (Lipinski definition) is 6. The van der Waals surface area contributed by atoms with Gasteiger partial charge in [0.05, 0.1) is 42.7 Å². The van der Waals surface area contributed by atoms with Gasteiger partial charge >= 0.3 is 0 Å². The van der Waals surface area contributed by atoms with Gasteiger partial charge in [-0.2, -0.15) is 0 Å². The van der Waals surface area contributed by atoms with Crippen molar-refractivity contribution in [2.75, 3.05) is 19.1 Å². The molecule has 2 aromatic carbocycles. The molecule has 35 heavy (non-hydrogen) atoms. The van der Waals surface area contributed by atoms with E-state index in [1.165, 1.54) is 0 Å². The first kappa shape index (κ1) is 22.1. The predicted octanol–water partition coefficient (Wildman–Crippen LogP) is 6.69. The van der Waals surface area contributed by atoms with E-state index >= 15 is 0 Å². The second-order valence-electron chi connectivity index (χ2n) is 7.76. The van der Waals surface area contributed by atoms with Gasteiger partial charge in [0.15, 0.2) is 0 Å². The monoisotopic (exact) mass is 460 g/mol. The Morgan fingerprint density at radius 2 is 0.971 bits per heavy atom. The second kappa shape index (κ2) is 10.1. The Balaban J connectivity index is 1.72. The van der Waals surface area contributed by atoms with E-state index in [4.69, 9.17) is 14.5 Å². The van der Waals surface area contributed by atoms with E-state index in [9.17, 15) is 0 Å². The molecule has 0 atom stereocenters. The molecule has 5 aromatic rings. The lowest BCUT2D eigenvalue weighted by Crippen LogP contribution is -2.11. The molecule has 0 amide bonds. The van der Waals surface area contributed by atoms with Gasteiger partial charge in [-0.3, -0.25) is 9.97 Å². The zero-order chi connectivity index (χ0) is 24.0. The number of rotatable bonds is 7. The molecule has 0 unspecified atom stereocenters. The smallest absolute Gasteiger partial charge is 0.119 e. The van der Waals surface area contributed by atoms with E-state index in [0.717, 1.165) is 51.3 Å². The molecular formula is C29H24N4O2. The zero-order valence-electron chi connectivity index (χ0n) is 19.5. The molecule has 3 aromatic heterocycles. The number of hydrogen-bond donors (Lipinski definition) is 0. The molecule has 0 aliphatic rings. The summed E-state index contributed by atoms with van der Waals surface area (Å²) in [5, 5.41) is 0. The number of aromatic nitrogens is 3. The van der Waals surface area contributed by atoms with Crippen molar-refractivity contribution in [3.8, 4) is 34.3 Å². The number of pyridine rings is 3. The summed E-state index contributed by atoms with van der Waals surface area (Å²) in [6.45, 7) is 0. The topological polar surface area (TPSA) is 60.4 Å². The highest BCUT2D eigenvalue weighted by Crippen LogP contribution is 2.38. The summed E-state index contributed by atoms with van der Waals surface area (Å²) in [6.07, 6.45) is 3.55. The lowest BCUT2D eigenvalue weighted by atomic mass is 10.1. The third-order valence-electron chi connectivity index (χ3n) is 5.58. The Labute approximate surface area is 204 Å². The number of benzene rings is 2. The van der Waals surface area contributed by atoms with E-state index in [0.29, 0.717) is 0 Å². The van der Waals surface area contributed by atoms with Gasteiger partial charge in [-0.1, -0.05) is 12.1 Å². The largest absolute Gasteiger partial charge is 0.497 e. The Hall–Kier alpha value is -4.71. The van der Waals surface area contributed by atoms with Crippen molar-refractivity contribution in [2.45, 2.75) is 0 Å². The first-order chi connectivity index (χ1) is 17.2. The maximum absolute atomic E-state index is 5.38. The number of methoxy groups -OCH3 is 2. The summed E-state index contributed by atoms with van der Waals surface area (Å²) in [7, 11) is 3.33. The maximum atomic E-state index is 5.38. The van der Waals surface area contributed by atoms with Gasteiger partial charge in [0, 0.05) is 23.8 Å². The molecule has 0 spiro atoms. The van der Waals surface area contributed by atoms with E-state index in [2.05, 4.69) is 14.9 Å². The van der Waals surface area contributed by atoms with Crippen molar-refractivity contribution in [2.24, 2.45) is 0 Å². The number of nitrogens with zero attached hydrogens (tertiary/aromatic N) is 4. The molecular weight excluding hydrogens is 436 g/mol. The van der Waals surface area contributed by atoms with E-state index < -0.39 is 0 Å². The molecule has 6 nitrogen and oxygen atoms in total. The maximum Gasteiger partial charge on any atom is 0.119 e. The van der Waals surface area contributed by atoms with Crippen molar-refractivity contribution < 1.29 is 9.47 Å². The van der Waals surface area contributed by atoms with Crippen LogP contribution < -0.4 is 14.4 Å². The van der Waals surface area contributed by atoms with Crippen molar-refractivity contribution in [1.29, 1.82) is 0 Å². The zero-order valence-corrected chi connectivity index (χ0v) is 19.5. The van der Waals surface area contributed by atoms with Crippen LogP contribution in [0, 0.1) is 0 Å². The van der Waals surface area contributed by atoms with Crippen LogP contribution >= 0.6 is 0 Å². The molecule has 3 heterocycles. The van der Waals surface area contributed by atoms with Crippen LogP contribution in [0.4, 0.5) is 17.1 Å². The number of ether oxygens (including phenoxy) is 2. The minimum Gasteiger partial charge on any atom is -0.497 e. The fourth-order valence-electron chi connectivity index (χ4n) is 3.85. The molecule has 0 saturated heterocycles. The minimum absolute atomic E-state index is 0.760. The molecule has 5 rings (SSSR count). The summed E-state index contributed by atoms with van der Waals surface area (Å²) < 4.78 is 10.8. The highest BCUT2D eigenvalue weighted by molar-refractivity contribution is 5.81. The molecule has 6 heteroatoms. The van der Waals surface area contributed by atoms with E-state index in [1.54, 1.807) is 26.6 Å². The van der Waals surface area contributed by atoms with Gasteiger partial charge in [0.25, 0.3) is 0 Å². The average Bonchev–Trinajstić information content (AvgIpc) is 2.95. The second-order valence-corrected chi connectivity index (χ2v) is 7.76. The van der Waals surface area contributed by atoms with Crippen molar-refractivity contribution in [3.63, 3.8) is 0 Å². The average molecular weight is 461 g/mol. The van der Waals surface area contributed by atoms with Crippen LogP contribution in [0.1, 0.15) is 0 Å². The van der Waals surface area contributed by atoms with Crippen LogP contribution in [0.25, 0.3) is 22.8 Å². The Morgan fingerprint density at radius 1 is 0.514 bits per heavy atom. The van der Waals surface area contributed by atoms with Gasteiger partial charge in [0.1, 0.15) is 11.5 Å². The quantitative estimate of drug-likeness (QED) is 0.270. The molecule has 0 aliphatic carbocycles. The van der Waals surface area contributed by atoms with Gasteiger partial charge in [-0.15, -0.1) is 0 Å². The van der Waals surface area contributed by atoms with Gasteiger partial charge < -0.3 is 14.4 Å². The van der Waals surface area contributed by atoms with Crippen LogP contribution in [-0.2, 0) is 0 Å². The van der Waals surface area contributed by atoms with Gasteiger partial charge in [-0.25, -0.2) is 4.98 Å². The van der Waals surface area contributed by atoms with E-state index in [-0.39, 0.29) is 0 Å². The molecule has 172 valence electrons. The molecule has 0 saturated carbocycles. The standard InChI is InChI=1S/C29H24N4O2/c1-34-24-13-9-21(10-14-24)33(22-11-15-25(35-2)16-12-22)23-19-28(26-7-3-5-17-30-26)32-29(20-23)27-8-4-6-18-31-27/h3-20H,1-2H3. The lowest BCUT2D eigenvalue weighted by Gasteiger charge is -2.26. The summed E-state index contributed by atoms with van der Waals surface area (Å²) >= 11 is 0. The van der Waals surface area contributed by atoms with Crippen LogP contribution in [-0.4, -0.2) is 29.2 Å². The molecule has 0 aliphatic heterocycles. The summed E-state index contributed by atoms with van der Waals surface area (Å²) in [4.78, 5) is 16.2. The van der Waals surface area contributed by atoms with Crippen molar-refractivity contribution in [1.82, 2.24) is 15.0 Å². The highest BCUT2D eigenvalue weighted by atomic mass is 16.5. The third kappa shape index (κ3) is 4.82. The van der Waals surface area contributed by atoms with Crippen LogP contribution in [0.2, 0.25) is 0 Å². The minimum atomic E-state index is 0.760. The normalized spacial score (nSPS) is 10.6. The third-order valence-corrected chi connectivity index (χ3v) is 5.58. The SMILES string of the molecule is COc1ccc(N(c2ccc(OC)cc2)c2cc(-c3ccccn3)nc(-c3ccccn3)c2)cc1. The van der Waals surface area contributed by atoms with Crippen LogP contribution in [0.15, 0.2) is 109 Å². The lowest BCUT2D eigenvalue weighted by molar-refractivity contribution is 0.415. The first-order valence-corrected chi connectivity index (χ1v) is 11.2. The fourth-order valence-corrected chi connectivity index (χ4v) is 3.85. The molecule has 0 bridgehead atoms. The highest BCUT2D eigenvalue weighted by Gasteiger charge is 2.17. The molecule has 0 radical (unpaired) electrons. The summed E-state index contributed by atoms with van der Waals surface area (Å²) in [6, 6.07) is 31.7. The Morgan fingerprint density at radius 3 is 1.34 bits per heavy atom. The van der Waals surface area contributed by atoms with Crippen molar-refractivity contribution >= 4 is 17.1 Å². The van der Waals surface area contributed by atoms with Gasteiger partial charge in [0.2, 0.25) is 0 Å².